The molecule has 0 radical (unpaired) electrons. The van der Waals surface area contributed by atoms with Gasteiger partial charge in [-0.15, -0.1) is 0 Å². The van der Waals surface area contributed by atoms with E-state index in [1.807, 2.05) is 0 Å². The number of amides is 2. The summed E-state index contributed by atoms with van der Waals surface area (Å²) in [6.45, 7) is 8.21. The van der Waals surface area contributed by atoms with Gasteiger partial charge in [-0.2, -0.15) is 0 Å². The van der Waals surface area contributed by atoms with Gasteiger partial charge in [-0.3, -0.25) is 37.8 Å². The van der Waals surface area contributed by atoms with E-state index in [0.29, 0.717) is 59.4 Å². The van der Waals surface area contributed by atoms with Crippen LogP contribution in [0.3, 0.4) is 0 Å². The summed E-state index contributed by atoms with van der Waals surface area (Å²) in [7, 11) is -5.00. The number of carbonyl (C=O) groups is 4. The first-order valence-electron chi connectivity index (χ1n) is 39.6. The summed E-state index contributed by atoms with van der Waals surface area (Å²) in [5.74, 6) is -3.06. The molecule has 30 nitrogen and oxygen atoms in total. The third-order valence-electron chi connectivity index (χ3n) is 21.0. The lowest BCUT2D eigenvalue weighted by atomic mass is 9.97. The van der Waals surface area contributed by atoms with Crippen LogP contribution in [0.2, 0.25) is 0 Å². The number of ether oxygens (including phenoxy) is 3. The number of pyridine rings is 2. The molecule has 36 heteroatoms. The quantitative estimate of drug-likeness (QED) is 0.0329. The number of aryl methyl sites for hydroxylation is 4. The van der Waals surface area contributed by atoms with Crippen LogP contribution in [0, 0.1) is 37.1 Å². The van der Waals surface area contributed by atoms with Gasteiger partial charge in [-0.25, -0.2) is 92.6 Å². The monoisotopic (exact) mass is 1740 g/mol. The number of hydrogen-bond donors (Lipinski definition) is 5. The molecule has 15 rings (SSSR count). The van der Waals surface area contributed by atoms with Crippen molar-refractivity contribution in [2.75, 3.05) is 35.9 Å². The molecular formula is C88H88F4N14O16S2. The lowest BCUT2D eigenvalue weighted by Crippen LogP contribution is -2.43. The van der Waals surface area contributed by atoms with Crippen LogP contribution in [-0.2, 0) is 80.4 Å². The highest BCUT2D eigenvalue weighted by molar-refractivity contribution is 7.93. The summed E-state index contributed by atoms with van der Waals surface area (Å²) in [5, 5.41) is 15.0. The van der Waals surface area contributed by atoms with E-state index in [-0.39, 0.29) is 69.2 Å². The molecule has 646 valence electrons. The van der Waals surface area contributed by atoms with Gasteiger partial charge < -0.3 is 30.0 Å². The molecule has 0 unspecified atom stereocenters. The predicted molar refractivity (Wildman–Crippen MR) is 453 cm³/mol. The average molecular weight is 1740 g/mol. The molecule has 1 saturated carbocycles. The highest BCUT2D eigenvalue weighted by atomic mass is 32.2. The lowest BCUT2D eigenvalue weighted by Gasteiger charge is -2.25. The van der Waals surface area contributed by atoms with E-state index in [9.17, 15) is 77.9 Å². The Morgan fingerprint density at radius 3 is 1.23 bits per heavy atom. The van der Waals surface area contributed by atoms with Crippen molar-refractivity contribution in [1.29, 1.82) is 0 Å². The molecule has 124 heavy (non-hydrogen) atoms. The number of carboxylic acids is 1. The Hall–Kier alpha value is -13.3. The zero-order chi connectivity index (χ0) is 88.7. The molecule has 2 aliphatic heterocycles. The summed E-state index contributed by atoms with van der Waals surface area (Å²) in [6.07, 6.45) is 18.3. The van der Waals surface area contributed by atoms with Gasteiger partial charge >= 0.3 is 23.3 Å². The van der Waals surface area contributed by atoms with E-state index >= 15 is 0 Å². The van der Waals surface area contributed by atoms with Crippen LogP contribution >= 0.6 is 0 Å². The summed E-state index contributed by atoms with van der Waals surface area (Å²) in [6, 6.07) is 33.6. The standard InChI is InChI=1S/C25H28N4O5.2C22H21F2N3O3S.C19H18N4O5/c1-16(30)27-20(24(32)34-18-8-4-3-5-9-18)14-17-12-13-22(26-15-17)29-23(31)19-10-6-7-11-21(19)28(2)25(29)33;2*1-14-10-20(24)21(11-19(14)23)27-31(28,29)18-4-2-15(3-5-18)17-12-25-22(26-13-17)16-6-8-30-9-7-16;1-11(24)21-14(18(26)27)9-12-7-8-16(20-10-12)23-17(25)13-5-3-4-6-15(13)22(2)19(23)28/h6-7,10-13,15,18,20H,3-5,8-9,14H2,1-2H3,(H,27,30);2*2-5,10-13,16,27H,6-9H2,1H3;3-8,10,14H,9H2,1-2H3,(H,21,24)(H,26,27)/t20-;;;14-/m0..0/s1. The summed E-state index contributed by atoms with van der Waals surface area (Å²) >= 11 is 0. The third-order valence-corrected chi connectivity index (χ3v) is 23.7. The molecule has 12 aromatic rings. The second kappa shape index (κ2) is 40.1. The summed E-state index contributed by atoms with van der Waals surface area (Å²) in [4.78, 5) is 124. The van der Waals surface area contributed by atoms with Crippen molar-refractivity contribution in [1.82, 2.24) is 58.8 Å². The molecule has 2 amide bonds. The van der Waals surface area contributed by atoms with Crippen LogP contribution in [0.25, 0.3) is 55.7 Å². The number of hydrogen-bond acceptors (Lipinski definition) is 21. The van der Waals surface area contributed by atoms with Gasteiger partial charge in [0.25, 0.3) is 31.2 Å². The van der Waals surface area contributed by atoms with Gasteiger partial charge in [0, 0.05) is 139 Å². The number of fused-ring (bicyclic) bond motifs is 2. The number of para-hydroxylation sites is 2. The Morgan fingerprint density at radius 1 is 0.476 bits per heavy atom. The normalized spacial score (nSPS) is 14.4. The Bertz CT molecular complexity index is 6220. The van der Waals surface area contributed by atoms with E-state index in [1.54, 1.807) is 130 Å². The van der Waals surface area contributed by atoms with Crippen molar-refractivity contribution < 1.29 is 72.9 Å². The van der Waals surface area contributed by atoms with Crippen molar-refractivity contribution >= 4 is 77.0 Å². The molecule has 3 aliphatic rings. The minimum absolute atomic E-state index is 0.0207. The molecule has 0 bridgehead atoms. The number of carboxylic acid groups (broad SMARTS) is 1. The number of carbonyl (C=O) groups excluding carboxylic acids is 3. The second-order valence-corrected chi connectivity index (χ2v) is 33.2. The minimum Gasteiger partial charge on any atom is -0.480 e. The van der Waals surface area contributed by atoms with Gasteiger partial charge in [0.1, 0.15) is 64.7 Å². The molecule has 1 aliphatic carbocycles. The number of anilines is 2. The molecule has 3 fully saturated rings. The van der Waals surface area contributed by atoms with E-state index in [4.69, 9.17) is 14.2 Å². The number of halogens is 4. The number of esters is 1. The maximum Gasteiger partial charge on any atom is 0.337 e. The van der Waals surface area contributed by atoms with Crippen molar-refractivity contribution in [2.45, 2.75) is 138 Å². The van der Waals surface area contributed by atoms with Gasteiger partial charge in [0.05, 0.1) is 43.0 Å². The van der Waals surface area contributed by atoms with Crippen LogP contribution in [0.15, 0.2) is 212 Å². The van der Waals surface area contributed by atoms with Crippen molar-refractivity contribution in [2.24, 2.45) is 14.1 Å². The first kappa shape index (κ1) is 89.9. The van der Waals surface area contributed by atoms with Gasteiger partial charge in [-0.05, 0) is 171 Å². The number of nitrogens with zero attached hydrogens (tertiary/aromatic N) is 10. The average Bonchev–Trinajstić information content (AvgIpc) is 0.765. The first-order chi connectivity index (χ1) is 59.3. The van der Waals surface area contributed by atoms with Crippen molar-refractivity contribution in [3.8, 4) is 33.9 Å². The van der Waals surface area contributed by atoms with Gasteiger partial charge in [0.15, 0.2) is 0 Å². The smallest absolute Gasteiger partial charge is 0.337 e. The summed E-state index contributed by atoms with van der Waals surface area (Å²) in [5.41, 5.74) is 2.56. The highest BCUT2D eigenvalue weighted by Gasteiger charge is 2.29. The van der Waals surface area contributed by atoms with Crippen LogP contribution in [-0.4, -0.2) is 138 Å². The number of aliphatic carboxylic acids is 1. The van der Waals surface area contributed by atoms with Crippen LogP contribution < -0.4 is 42.6 Å². The van der Waals surface area contributed by atoms with E-state index < -0.39 is 107 Å². The fraction of sp³-hybridized carbons (Fsp3) is 0.295. The Labute approximate surface area is 708 Å². The number of nitrogens with one attached hydrogen (secondary N) is 4. The molecule has 0 spiro atoms. The molecule has 8 heterocycles. The molecule has 6 aromatic carbocycles. The number of aromatic nitrogens is 10. The summed E-state index contributed by atoms with van der Waals surface area (Å²) < 4.78 is 131. The molecule has 2 atom stereocenters. The SMILES string of the molecule is CC(=O)N[C@@H](Cc1ccc(-n2c(=O)c3ccccc3n(C)c2=O)nc1)C(=O)O.CC(=O)N[C@@H](Cc1ccc(-n2c(=O)c3ccccc3n(C)c2=O)nc1)C(=O)OC1CCCCC1.Cc1cc(F)c(NS(=O)(=O)c2ccc(-c3cnc(C4CCOCC4)nc3)cc2)cc1F.Cc1cc(F)c(NS(=O)(=O)c2ccc(-c3cnc(C4CCOCC4)nc3)cc2)cc1F. The highest BCUT2D eigenvalue weighted by Crippen LogP contribution is 2.31. The Kier molecular flexibility index (Phi) is 29.1. The molecular weight excluding hydrogens is 1650 g/mol. The van der Waals surface area contributed by atoms with Crippen molar-refractivity contribution in [3.05, 3.63) is 282 Å². The molecule has 5 N–H and O–H groups in total. The van der Waals surface area contributed by atoms with Crippen LogP contribution in [0.4, 0.5) is 28.9 Å². The molecule has 6 aromatic heterocycles. The Morgan fingerprint density at radius 2 is 0.855 bits per heavy atom. The fourth-order valence-electron chi connectivity index (χ4n) is 14.2. The first-order valence-corrected chi connectivity index (χ1v) is 42.5. The zero-order valence-corrected chi connectivity index (χ0v) is 69.8. The minimum atomic E-state index is -4.09. The fourth-order valence-corrected chi connectivity index (χ4v) is 16.3. The lowest BCUT2D eigenvalue weighted by molar-refractivity contribution is -0.154. The predicted octanol–water partition coefficient (Wildman–Crippen LogP) is 11.1. The van der Waals surface area contributed by atoms with E-state index in [1.165, 1.54) is 79.6 Å². The number of rotatable bonds is 21. The maximum atomic E-state index is 14.0. The van der Waals surface area contributed by atoms with Crippen LogP contribution in [0.5, 0.6) is 0 Å². The maximum absolute atomic E-state index is 14.0. The van der Waals surface area contributed by atoms with E-state index in [2.05, 4.69) is 50.0 Å². The van der Waals surface area contributed by atoms with E-state index in [0.717, 1.165) is 125 Å². The third kappa shape index (κ3) is 22.1. The second-order valence-electron chi connectivity index (χ2n) is 29.9. The van der Waals surface area contributed by atoms with Crippen molar-refractivity contribution in [3.63, 3.8) is 0 Å². The topological polar surface area (TPSA) is 398 Å². The van der Waals surface area contributed by atoms with Gasteiger partial charge in [-0.1, -0.05) is 67.1 Å². The Balaban J connectivity index is 0.000000151. The largest absolute Gasteiger partial charge is 0.480 e. The van der Waals surface area contributed by atoms with Gasteiger partial charge in [0.2, 0.25) is 11.8 Å². The van der Waals surface area contributed by atoms with Crippen LogP contribution in [0.1, 0.15) is 117 Å². The number of sulfonamides is 2. The number of benzene rings is 6. The molecule has 2 saturated heterocycles. The zero-order valence-electron chi connectivity index (χ0n) is 68.2.